The summed E-state index contributed by atoms with van der Waals surface area (Å²) in [6.07, 6.45) is 11.8. The molecule has 1 aliphatic rings. The summed E-state index contributed by atoms with van der Waals surface area (Å²) in [7, 11) is -1.34. The van der Waals surface area contributed by atoms with Crippen molar-refractivity contribution in [1.82, 2.24) is 15.0 Å². The molecule has 1 radical (unpaired) electrons. The van der Waals surface area contributed by atoms with Crippen LogP contribution in [0, 0.1) is 24.0 Å². The normalized spacial score (nSPS) is 13.3. The Balaban J connectivity index is 0.000000193. The molecule has 1 fully saturated rings. The molecule has 8 rings (SSSR count). The minimum absolute atomic E-state index is 0. The molecule has 1 aliphatic carbocycles. The Bertz CT molecular complexity index is 2240. The van der Waals surface area contributed by atoms with E-state index in [-0.39, 0.29) is 20.1 Å². The van der Waals surface area contributed by atoms with Crippen molar-refractivity contribution >= 4 is 35.3 Å². The number of rotatable bonds is 8. The fourth-order valence-corrected chi connectivity index (χ4v) is 8.88. The van der Waals surface area contributed by atoms with Gasteiger partial charge in [-0.05, 0) is 59.5 Å². The molecule has 1 saturated carbocycles. The van der Waals surface area contributed by atoms with Crippen molar-refractivity contribution in [3.05, 3.63) is 133 Å². The van der Waals surface area contributed by atoms with E-state index in [0.29, 0.717) is 11.6 Å². The van der Waals surface area contributed by atoms with Gasteiger partial charge in [0.25, 0.3) is 0 Å². The van der Waals surface area contributed by atoms with Gasteiger partial charge in [0, 0.05) is 43.4 Å². The summed E-state index contributed by atoms with van der Waals surface area (Å²) < 4.78 is 6.06. The van der Waals surface area contributed by atoms with Crippen LogP contribution >= 0.6 is 0 Å². The van der Waals surface area contributed by atoms with Crippen LogP contribution in [-0.2, 0) is 32.9 Å². The molecule has 4 heterocycles. The van der Waals surface area contributed by atoms with Crippen LogP contribution in [0.5, 0.6) is 0 Å². The van der Waals surface area contributed by atoms with Crippen molar-refractivity contribution in [3.8, 4) is 33.8 Å². The number of pyridine rings is 3. The second-order valence-corrected chi connectivity index (χ2v) is 20.4. The van der Waals surface area contributed by atoms with Gasteiger partial charge in [-0.15, -0.1) is 59.7 Å². The Hall–Kier alpha value is -4.22. The van der Waals surface area contributed by atoms with E-state index in [1.54, 1.807) is 0 Å². The van der Waals surface area contributed by atoms with E-state index in [9.17, 15) is 0 Å². The molecule has 3 aromatic carbocycles. The molecule has 0 bridgehead atoms. The minimum atomic E-state index is -1.34. The third kappa shape index (κ3) is 8.86. The Morgan fingerprint density at radius 2 is 1.56 bits per heavy atom. The summed E-state index contributed by atoms with van der Waals surface area (Å²) in [5.74, 6) is 1.49. The molecule has 0 amide bonds. The maximum absolute atomic E-state index is 6.06. The Morgan fingerprint density at radius 3 is 2.29 bits per heavy atom. The zero-order valence-electron chi connectivity index (χ0n) is 30.9. The molecule has 4 nitrogen and oxygen atoms in total. The zero-order valence-corrected chi connectivity index (χ0v) is 34.3. The van der Waals surface area contributed by atoms with Gasteiger partial charge >= 0.3 is 0 Å². The average Bonchev–Trinajstić information content (AvgIpc) is 3.79. The molecule has 0 N–H and O–H groups in total. The van der Waals surface area contributed by atoms with Gasteiger partial charge in [-0.1, -0.05) is 118 Å². The number of furan rings is 1. The number of nitrogens with zero attached hydrogens (tertiary/aromatic N) is 3. The maximum Gasteiger partial charge on any atom is 0.216 e. The van der Waals surface area contributed by atoms with Crippen LogP contribution < -0.4 is 5.19 Å². The summed E-state index contributed by atoms with van der Waals surface area (Å²) in [4.78, 5) is 14.1. The first-order valence-electron chi connectivity index (χ1n) is 18.4. The molecular formula is C46H47IrN3OSi-2. The first-order valence-corrected chi connectivity index (χ1v) is 21.9. The van der Waals surface area contributed by atoms with Gasteiger partial charge in [0.15, 0.2) is 0 Å². The first-order chi connectivity index (χ1) is 24.7. The number of aromatic nitrogens is 3. The standard InChI is InChI=1S/C28H23N2O.C18H24NSi.Ir/c1-2-8-21(9-3-1)25-12-11-23-24-18-22(10-13-27(24)31-28(23)30-25)26-17-20(14-15-29-26)16-19-6-4-5-7-19;1-14(2)11-16-12-17(15-9-7-6-8-10-15)19-13-18(16)20(3,4)5;/h1-3,8-9,11-15,17-19H,4-7,16H2;6-9,12-14H,11H2,1-5H3;/q2*-1;. The topological polar surface area (TPSA) is 51.8 Å². The van der Waals surface area contributed by atoms with Crippen molar-refractivity contribution in [3.63, 3.8) is 0 Å². The summed E-state index contributed by atoms with van der Waals surface area (Å²) in [5, 5.41) is 3.57. The van der Waals surface area contributed by atoms with Gasteiger partial charge in [-0.2, -0.15) is 0 Å². The van der Waals surface area contributed by atoms with E-state index < -0.39 is 8.07 Å². The van der Waals surface area contributed by atoms with E-state index >= 15 is 0 Å². The fraction of sp³-hybridized carbons (Fsp3) is 0.283. The largest absolute Gasteiger partial charge is 0.486 e. The monoisotopic (exact) mass is 878 g/mol. The summed E-state index contributed by atoms with van der Waals surface area (Å²) in [5.41, 5.74) is 10.4. The molecule has 0 spiro atoms. The first kappa shape index (κ1) is 37.5. The third-order valence-corrected chi connectivity index (χ3v) is 11.9. The van der Waals surface area contributed by atoms with E-state index in [1.807, 2.05) is 48.7 Å². The SMILES string of the molecule is CC(C)Cc1cc(-c2[c-]cccc2)ncc1[Si](C)(C)C.[Ir].[c-]1cc2oc3nc(-c4ccccc4)ccc3c2cc1-c1cc(CC2CCCC2)ccn1. The van der Waals surface area contributed by atoms with Crippen molar-refractivity contribution in [1.29, 1.82) is 0 Å². The fourth-order valence-electron chi connectivity index (χ4n) is 7.30. The van der Waals surface area contributed by atoms with E-state index in [0.717, 1.165) is 68.9 Å². The average molecular weight is 878 g/mol. The molecule has 0 saturated heterocycles. The van der Waals surface area contributed by atoms with E-state index in [2.05, 4.69) is 116 Å². The molecule has 4 aromatic heterocycles. The smallest absolute Gasteiger partial charge is 0.216 e. The number of hydrogen-bond acceptors (Lipinski definition) is 4. The summed E-state index contributed by atoms with van der Waals surface area (Å²) in [6.45, 7) is 11.7. The molecular weight excluding hydrogens is 831 g/mol. The number of benzene rings is 3. The Morgan fingerprint density at radius 1 is 0.788 bits per heavy atom. The van der Waals surface area contributed by atoms with Crippen LogP contribution in [0.25, 0.3) is 55.8 Å². The second kappa shape index (κ2) is 16.6. The second-order valence-electron chi connectivity index (χ2n) is 15.4. The van der Waals surface area contributed by atoms with Gasteiger partial charge in [0.2, 0.25) is 5.71 Å². The van der Waals surface area contributed by atoms with E-state index in [4.69, 9.17) is 9.40 Å². The Labute approximate surface area is 323 Å². The number of hydrogen-bond donors (Lipinski definition) is 0. The van der Waals surface area contributed by atoms with Gasteiger partial charge in [0.1, 0.15) is 0 Å². The molecule has 7 aromatic rings. The van der Waals surface area contributed by atoms with Crippen LogP contribution in [0.2, 0.25) is 19.6 Å². The molecule has 6 heteroatoms. The molecule has 0 unspecified atom stereocenters. The van der Waals surface area contributed by atoms with Gasteiger partial charge in [0.05, 0.1) is 19.4 Å². The quantitative estimate of drug-likeness (QED) is 0.113. The van der Waals surface area contributed by atoms with Crippen molar-refractivity contribution in [2.75, 3.05) is 0 Å². The van der Waals surface area contributed by atoms with Crippen LogP contribution in [-0.4, -0.2) is 23.0 Å². The summed E-state index contributed by atoms with van der Waals surface area (Å²) in [6, 6.07) is 39.8. The molecule has 0 aliphatic heterocycles. The zero-order chi connectivity index (χ0) is 35.4. The van der Waals surface area contributed by atoms with Crippen LogP contribution in [0.4, 0.5) is 0 Å². The van der Waals surface area contributed by atoms with E-state index in [1.165, 1.54) is 42.0 Å². The Kier molecular flexibility index (Phi) is 12.0. The van der Waals surface area contributed by atoms with Crippen LogP contribution in [0.3, 0.4) is 0 Å². The van der Waals surface area contributed by atoms with Crippen molar-refractivity contribution in [2.45, 2.75) is 72.0 Å². The predicted molar refractivity (Wildman–Crippen MR) is 215 cm³/mol. The van der Waals surface area contributed by atoms with Crippen molar-refractivity contribution in [2.24, 2.45) is 11.8 Å². The third-order valence-electron chi connectivity index (χ3n) is 9.85. The van der Waals surface area contributed by atoms with Crippen molar-refractivity contribution < 1.29 is 24.5 Å². The predicted octanol–water partition coefficient (Wildman–Crippen LogP) is 11.5. The van der Waals surface area contributed by atoms with Crippen LogP contribution in [0.1, 0.15) is 50.7 Å². The van der Waals surface area contributed by atoms with Gasteiger partial charge < -0.3 is 14.4 Å². The maximum atomic E-state index is 6.06. The summed E-state index contributed by atoms with van der Waals surface area (Å²) >= 11 is 0. The minimum Gasteiger partial charge on any atom is -0.486 e. The number of fused-ring (bicyclic) bond motifs is 3. The van der Waals surface area contributed by atoms with Gasteiger partial charge in [-0.25, -0.2) is 4.98 Å². The molecule has 52 heavy (non-hydrogen) atoms. The molecule has 0 atom stereocenters. The van der Waals surface area contributed by atoms with Gasteiger partial charge in [-0.3, -0.25) is 0 Å². The molecule has 267 valence electrons. The van der Waals surface area contributed by atoms with Crippen LogP contribution in [0.15, 0.2) is 114 Å².